The Kier molecular flexibility index (Phi) is 9.71. The molecule has 3 aromatic carbocycles. The van der Waals surface area contributed by atoms with Gasteiger partial charge in [-0.3, -0.25) is 9.59 Å². The molecule has 0 heterocycles. The summed E-state index contributed by atoms with van der Waals surface area (Å²) in [5.41, 5.74) is 1.74. The lowest BCUT2D eigenvalue weighted by Gasteiger charge is -2.32. The first-order chi connectivity index (χ1) is 16.5. The first-order valence-corrected chi connectivity index (χ1v) is 12.5. The highest BCUT2D eigenvalue weighted by atomic mass is 32.2. The van der Waals surface area contributed by atoms with Crippen molar-refractivity contribution in [1.82, 2.24) is 10.2 Å². The van der Waals surface area contributed by atoms with Crippen LogP contribution in [0.2, 0.25) is 0 Å². The maximum Gasteiger partial charge on any atom is 0.243 e. The summed E-state index contributed by atoms with van der Waals surface area (Å²) in [5.74, 6) is -0.457. The maximum absolute atomic E-state index is 13.5. The van der Waals surface area contributed by atoms with Gasteiger partial charge >= 0.3 is 0 Å². The summed E-state index contributed by atoms with van der Waals surface area (Å²) in [6.45, 7) is 4.18. The standard InChI is InChI=1S/C28H31FN2O2S/c1-3-21(2)30-28(33)26(18-22-10-6-4-7-11-22)31(19-23-14-16-24(29)17-15-23)27(32)20-34-25-12-8-5-9-13-25/h4-17,21,26H,3,18-20H2,1-2H3,(H,30,33)/t21-,26+/m0/s1. The molecule has 0 saturated heterocycles. The van der Waals surface area contributed by atoms with Crippen LogP contribution in [0.25, 0.3) is 0 Å². The Morgan fingerprint density at radius 1 is 0.912 bits per heavy atom. The molecule has 2 amide bonds. The first-order valence-electron chi connectivity index (χ1n) is 11.5. The number of halogens is 1. The fourth-order valence-electron chi connectivity index (χ4n) is 3.53. The van der Waals surface area contributed by atoms with Crippen molar-refractivity contribution in [3.8, 4) is 0 Å². The van der Waals surface area contributed by atoms with E-state index in [-0.39, 0.29) is 36.0 Å². The Bertz CT molecular complexity index is 1050. The number of carbonyl (C=O) groups is 2. The van der Waals surface area contributed by atoms with Crippen molar-refractivity contribution in [2.45, 2.75) is 50.2 Å². The number of nitrogens with one attached hydrogen (secondary N) is 1. The Hall–Kier alpha value is -3.12. The Balaban J connectivity index is 1.90. The van der Waals surface area contributed by atoms with Gasteiger partial charge < -0.3 is 10.2 Å². The summed E-state index contributed by atoms with van der Waals surface area (Å²) in [7, 11) is 0. The topological polar surface area (TPSA) is 49.4 Å². The van der Waals surface area contributed by atoms with Crippen LogP contribution in [-0.4, -0.2) is 34.6 Å². The fourth-order valence-corrected chi connectivity index (χ4v) is 4.33. The molecule has 0 aliphatic rings. The number of amides is 2. The van der Waals surface area contributed by atoms with Crippen LogP contribution in [0.15, 0.2) is 89.8 Å². The zero-order chi connectivity index (χ0) is 24.3. The van der Waals surface area contributed by atoms with E-state index in [1.54, 1.807) is 17.0 Å². The zero-order valence-electron chi connectivity index (χ0n) is 19.6. The van der Waals surface area contributed by atoms with Gasteiger partial charge in [-0.2, -0.15) is 0 Å². The highest BCUT2D eigenvalue weighted by Gasteiger charge is 2.31. The first kappa shape index (κ1) is 25.5. The van der Waals surface area contributed by atoms with Gasteiger partial charge in [0.1, 0.15) is 11.9 Å². The summed E-state index contributed by atoms with van der Waals surface area (Å²) < 4.78 is 13.5. The van der Waals surface area contributed by atoms with Crippen molar-refractivity contribution >= 4 is 23.6 Å². The van der Waals surface area contributed by atoms with Crippen molar-refractivity contribution in [2.24, 2.45) is 0 Å². The van der Waals surface area contributed by atoms with Gasteiger partial charge in [0.15, 0.2) is 0 Å². The molecule has 0 aliphatic heterocycles. The second-order valence-corrected chi connectivity index (χ2v) is 9.32. The van der Waals surface area contributed by atoms with Gasteiger partial charge in [0.2, 0.25) is 11.8 Å². The maximum atomic E-state index is 13.5. The minimum Gasteiger partial charge on any atom is -0.352 e. The quantitative estimate of drug-likeness (QED) is 0.372. The molecule has 0 spiro atoms. The van der Waals surface area contributed by atoms with Crippen molar-refractivity contribution in [3.05, 3.63) is 102 Å². The van der Waals surface area contributed by atoms with Crippen LogP contribution in [0.1, 0.15) is 31.4 Å². The molecule has 6 heteroatoms. The third-order valence-electron chi connectivity index (χ3n) is 5.64. The minimum atomic E-state index is -0.690. The van der Waals surface area contributed by atoms with Crippen LogP contribution in [0, 0.1) is 5.82 Å². The zero-order valence-corrected chi connectivity index (χ0v) is 20.4. The van der Waals surface area contributed by atoms with Crippen molar-refractivity contribution in [3.63, 3.8) is 0 Å². The predicted molar refractivity (Wildman–Crippen MR) is 136 cm³/mol. The van der Waals surface area contributed by atoms with Crippen LogP contribution in [0.5, 0.6) is 0 Å². The van der Waals surface area contributed by atoms with E-state index in [1.807, 2.05) is 74.5 Å². The number of nitrogens with zero attached hydrogens (tertiary/aromatic N) is 1. The monoisotopic (exact) mass is 478 g/mol. The largest absolute Gasteiger partial charge is 0.352 e. The lowest BCUT2D eigenvalue weighted by Crippen LogP contribution is -2.52. The van der Waals surface area contributed by atoms with Gasteiger partial charge in [0.05, 0.1) is 5.75 Å². The molecule has 3 rings (SSSR count). The summed E-state index contributed by atoms with van der Waals surface area (Å²) in [6.07, 6.45) is 1.19. The second-order valence-electron chi connectivity index (χ2n) is 8.27. The molecule has 0 fully saturated rings. The number of carbonyl (C=O) groups excluding carboxylic acids is 2. The molecule has 0 aliphatic carbocycles. The van der Waals surface area contributed by atoms with Crippen molar-refractivity contribution in [2.75, 3.05) is 5.75 Å². The van der Waals surface area contributed by atoms with E-state index in [4.69, 9.17) is 0 Å². The summed E-state index contributed by atoms with van der Waals surface area (Å²) in [6, 6.07) is 24.8. The van der Waals surface area contributed by atoms with E-state index < -0.39 is 6.04 Å². The number of hydrogen-bond acceptors (Lipinski definition) is 3. The fraction of sp³-hybridized carbons (Fsp3) is 0.286. The van der Waals surface area contributed by atoms with E-state index in [2.05, 4.69) is 5.32 Å². The second kappa shape index (κ2) is 12.9. The van der Waals surface area contributed by atoms with Crippen LogP contribution in [0.3, 0.4) is 0 Å². The Labute approximate surface area is 205 Å². The van der Waals surface area contributed by atoms with E-state index >= 15 is 0 Å². The lowest BCUT2D eigenvalue weighted by molar-refractivity contribution is -0.139. The molecule has 0 bridgehead atoms. The average Bonchev–Trinajstić information content (AvgIpc) is 2.87. The summed E-state index contributed by atoms with van der Waals surface area (Å²) in [5, 5.41) is 3.05. The number of thioether (sulfide) groups is 1. The third-order valence-corrected chi connectivity index (χ3v) is 6.64. The van der Waals surface area contributed by atoms with Crippen LogP contribution in [0.4, 0.5) is 4.39 Å². The van der Waals surface area contributed by atoms with Crippen LogP contribution >= 0.6 is 11.8 Å². The molecule has 2 atom stereocenters. The van der Waals surface area contributed by atoms with E-state index in [1.165, 1.54) is 23.9 Å². The molecule has 4 nitrogen and oxygen atoms in total. The number of hydrogen-bond donors (Lipinski definition) is 1. The van der Waals surface area contributed by atoms with Crippen LogP contribution < -0.4 is 5.32 Å². The van der Waals surface area contributed by atoms with Crippen molar-refractivity contribution < 1.29 is 14.0 Å². The van der Waals surface area contributed by atoms with E-state index in [0.717, 1.165) is 22.4 Å². The summed E-state index contributed by atoms with van der Waals surface area (Å²) in [4.78, 5) is 29.6. The van der Waals surface area contributed by atoms with E-state index in [9.17, 15) is 14.0 Å². The molecule has 34 heavy (non-hydrogen) atoms. The predicted octanol–water partition coefficient (Wildman–Crippen LogP) is 5.47. The van der Waals surface area contributed by atoms with Crippen molar-refractivity contribution in [1.29, 1.82) is 0 Å². The normalized spacial score (nSPS) is 12.6. The molecule has 178 valence electrons. The van der Waals surface area contributed by atoms with Gasteiger partial charge in [-0.25, -0.2) is 4.39 Å². The lowest BCUT2D eigenvalue weighted by atomic mass is 10.0. The molecule has 0 aromatic heterocycles. The Morgan fingerprint density at radius 3 is 2.15 bits per heavy atom. The van der Waals surface area contributed by atoms with Gasteiger partial charge in [-0.1, -0.05) is 67.6 Å². The SMILES string of the molecule is CC[C@H](C)NC(=O)[C@@H](Cc1ccccc1)N(Cc1ccc(F)cc1)C(=O)CSc1ccccc1. The highest BCUT2D eigenvalue weighted by Crippen LogP contribution is 2.21. The van der Waals surface area contributed by atoms with Gasteiger partial charge in [-0.15, -0.1) is 11.8 Å². The molecule has 0 unspecified atom stereocenters. The molecule has 1 N–H and O–H groups in total. The van der Waals surface area contributed by atoms with Crippen LogP contribution in [-0.2, 0) is 22.6 Å². The smallest absolute Gasteiger partial charge is 0.243 e. The van der Waals surface area contributed by atoms with Gasteiger partial charge in [0.25, 0.3) is 0 Å². The molecule has 3 aromatic rings. The Morgan fingerprint density at radius 2 is 1.53 bits per heavy atom. The average molecular weight is 479 g/mol. The summed E-state index contributed by atoms with van der Waals surface area (Å²) >= 11 is 1.44. The molecular formula is C28H31FN2O2S. The minimum absolute atomic E-state index is 0.00718. The van der Waals surface area contributed by atoms with E-state index in [0.29, 0.717) is 6.42 Å². The highest BCUT2D eigenvalue weighted by molar-refractivity contribution is 8.00. The van der Waals surface area contributed by atoms with Gasteiger partial charge in [-0.05, 0) is 48.7 Å². The molecular weight excluding hydrogens is 447 g/mol. The third kappa shape index (κ3) is 7.73. The number of rotatable bonds is 11. The molecule has 0 saturated carbocycles. The number of benzene rings is 3. The molecule has 0 radical (unpaired) electrons. The van der Waals surface area contributed by atoms with Gasteiger partial charge in [0, 0.05) is 23.9 Å².